The Hall–Kier alpha value is -1.47. The molecular weight excluding hydrogens is 697 g/mol. The van der Waals surface area contributed by atoms with Crippen molar-refractivity contribution in [1.82, 2.24) is 10.2 Å². The van der Waals surface area contributed by atoms with Crippen LogP contribution in [0.3, 0.4) is 0 Å². The van der Waals surface area contributed by atoms with Gasteiger partial charge >= 0.3 is 5.97 Å². The Kier molecular flexibility index (Phi) is 12.9. The molecule has 11 atom stereocenters. The fraction of sp³-hybridized carbons (Fsp3) is 0.939. The number of carbonyl (C=O) groups is 3. The van der Waals surface area contributed by atoms with Gasteiger partial charge in [0.15, 0.2) is 0 Å². The van der Waals surface area contributed by atoms with Crippen LogP contribution in [0.4, 0.5) is 0 Å². The van der Waals surface area contributed by atoms with Crippen molar-refractivity contribution in [3.8, 4) is 0 Å². The van der Waals surface area contributed by atoms with Crippen LogP contribution in [0.15, 0.2) is 0 Å². The number of nitrogens with zero attached hydrogens (tertiary/aromatic N) is 1. The predicted octanol–water partition coefficient (Wildman–Crippen LogP) is 10.2. The molecule has 0 bridgehead atoms. The smallest absolute Gasteiger partial charge is 0.302 e. The summed E-state index contributed by atoms with van der Waals surface area (Å²) in [5.74, 6) is 4.47. The number of fused-ring (bicyclic) bond motifs is 3. The summed E-state index contributed by atoms with van der Waals surface area (Å²) in [4.78, 5) is 42.7. The van der Waals surface area contributed by atoms with Crippen LogP contribution in [0.2, 0.25) is 0 Å². The quantitative estimate of drug-likeness (QED) is 0.148. The number of esters is 1. The number of ketones is 1. The topological polar surface area (TPSA) is 84.9 Å². The first-order valence-corrected chi connectivity index (χ1v) is 23.9. The van der Waals surface area contributed by atoms with Crippen LogP contribution in [-0.4, -0.2) is 68.1 Å². The van der Waals surface area contributed by atoms with Crippen LogP contribution in [0, 0.1) is 68.5 Å². The van der Waals surface area contributed by atoms with E-state index < -0.39 is 0 Å². The monoisotopic (exact) mass is 779 g/mol. The zero-order valence-electron chi connectivity index (χ0n) is 37.0. The van der Waals surface area contributed by atoms with Gasteiger partial charge in [0.05, 0.1) is 13.2 Å². The lowest BCUT2D eigenvalue weighted by Gasteiger charge is -2.64. The van der Waals surface area contributed by atoms with Gasteiger partial charge in [-0.25, -0.2) is 0 Å². The van der Waals surface area contributed by atoms with Gasteiger partial charge in [-0.15, -0.1) is 0 Å². The van der Waals surface area contributed by atoms with Crippen LogP contribution in [0.1, 0.15) is 177 Å². The highest BCUT2D eigenvalue weighted by molar-refractivity contribution is 5.86. The van der Waals surface area contributed by atoms with Crippen LogP contribution >= 0.6 is 0 Å². The molecule has 318 valence electrons. The number of morpholine rings is 1. The Balaban J connectivity index is 0.997. The first kappa shape index (κ1) is 42.6. The van der Waals surface area contributed by atoms with Crippen molar-refractivity contribution < 1.29 is 23.9 Å². The Labute approximate surface area is 341 Å². The maximum Gasteiger partial charge on any atom is 0.302 e. The first-order chi connectivity index (χ1) is 26.6. The van der Waals surface area contributed by atoms with Gasteiger partial charge in [0, 0.05) is 56.3 Å². The van der Waals surface area contributed by atoms with Crippen LogP contribution < -0.4 is 5.32 Å². The van der Waals surface area contributed by atoms with Crippen molar-refractivity contribution in [3.63, 3.8) is 0 Å². The molecular formula is C49H82N2O5. The lowest BCUT2D eigenvalue weighted by atomic mass is 9.40. The molecule has 1 N–H and O–H groups in total. The third-order valence-electron chi connectivity index (χ3n) is 19.2. The summed E-state index contributed by atoms with van der Waals surface area (Å²) in [5, 5.41) is 3.26. The van der Waals surface area contributed by atoms with Crippen LogP contribution in [0.25, 0.3) is 0 Å². The van der Waals surface area contributed by atoms with E-state index in [1.807, 2.05) is 0 Å². The SMILES string of the molecule is CC(=O)OC1CCC(C)C(CCC2(C)CCCC3C4C(C5(C)CC5)CCC4(C(=O)CCC4CCCC(C(=O)NCCN5CCOCC5)CC4)CCC32C)C1(C)C. The van der Waals surface area contributed by atoms with Crippen molar-refractivity contribution in [2.24, 2.45) is 68.5 Å². The average molecular weight is 779 g/mol. The summed E-state index contributed by atoms with van der Waals surface area (Å²) in [7, 11) is 0. The van der Waals surface area contributed by atoms with Crippen LogP contribution in [0.5, 0.6) is 0 Å². The van der Waals surface area contributed by atoms with Gasteiger partial charge in [-0.1, -0.05) is 60.8 Å². The third kappa shape index (κ3) is 8.31. The van der Waals surface area contributed by atoms with Gasteiger partial charge in [0.1, 0.15) is 11.9 Å². The summed E-state index contributed by atoms with van der Waals surface area (Å²) in [6.45, 7) is 21.8. The molecule has 7 fully saturated rings. The highest BCUT2D eigenvalue weighted by Gasteiger charge is 2.68. The molecule has 56 heavy (non-hydrogen) atoms. The molecule has 11 unspecified atom stereocenters. The van der Waals surface area contributed by atoms with E-state index in [4.69, 9.17) is 9.47 Å². The van der Waals surface area contributed by atoms with Gasteiger partial charge in [0.2, 0.25) is 5.91 Å². The van der Waals surface area contributed by atoms with E-state index in [-0.39, 0.29) is 45.6 Å². The Morgan fingerprint density at radius 2 is 1.55 bits per heavy atom. The van der Waals surface area contributed by atoms with E-state index in [0.717, 1.165) is 104 Å². The number of amides is 1. The lowest BCUT2D eigenvalue weighted by molar-refractivity contribution is -0.170. The number of carbonyl (C=O) groups excluding carboxylic acids is 3. The minimum Gasteiger partial charge on any atom is -0.462 e. The second-order valence-corrected chi connectivity index (χ2v) is 22.4. The van der Waals surface area contributed by atoms with Crippen LogP contribution in [-0.2, 0) is 23.9 Å². The second kappa shape index (κ2) is 16.9. The van der Waals surface area contributed by atoms with E-state index >= 15 is 4.79 Å². The molecule has 1 saturated heterocycles. The molecule has 7 aliphatic rings. The zero-order valence-corrected chi connectivity index (χ0v) is 37.0. The van der Waals surface area contributed by atoms with E-state index in [1.54, 1.807) is 6.92 Å². The average Bonchev–Trinajstić information content (AvgIpc) is 3.85. The molecule has 6 aliphatic carbocycles. The lowest BCUT2D eigenvalue weighted by Crippen LogP contribution is -2.58. The zero-order chi connectivity index (χ0) is 39.9. The van der Waals surface area contributed by atoms with Gasteiger partial charge in [0.25, 0.3) is 0 Å². The number of nitrogens with one attached hydrogen (secondary N) is 1. The Morgan fingerprint density at radius 3 is 2.29 bits per heavy atom. The number of hydrogen-bond acceptors (Lipinski definition) is 6. The van der Waals surface area contributed by atoms with Crippen molar-refractivity contribution in [2.75, 3.05) is 39.4 Å². The van der Waals surface area contributed by atoms with E-state index in [2.05, 4.69) is 51.8 Å². The van der Waals surface area contributed by atoms with E-state index in [0.29, 0.717) is 46.7 Å². The molecule has 7 rings (SSSR count). The highest BCUT2D eigenvalue weighted by atomic mass is 16.5. The number of hydrogen-bond donors (Lipinski definition) is 1. The molecule has 7 heteroatoms. The van der Waals surface area contributed by atoms with E-state index in [9.17, 15) is 9.59 Å². The number of ether oxygens (including phenoxy) is 2. The van der Waals surface area contributed by atoms with Gasteiger partial charge in [-0.05, 0) is 154 Å². The Bertz CT molecular complexity index is 1400. The summed E-state index contributed by atoms with van der Waals surface area (Å²) in [5.41, 5.74) is 0.810. The van der Waals surface area contributed by atoms with Crippen molar-refractivity contribution in [3.05, 3.63) is 0 Å². The maximum absolute atomic E-state index is 15.0. The number of Topliss-reactive ketones (excluding diaryl/α,β-unsaturated/α-hetero) is 1. The molecule has 1 amide bonds. The molecule has 0 aromatic heterocycles. The maximum atomic E-state index is 15.0. The summed E-state index contributed by atoms with van der Waals surface area (Å²) in [6.07, 6.45) is 23.0. The molecule has 0 spiro atoms. The largest absolute Gasteiger partial charge is 0.462 e. The molecule has 1 aliphatic heterocycles. The van der Waals surface area contributed by atoms with Crippen molar-refractivity contribution in [2.45, 2.75) is 183 Å². The van der Waals surface area contributed by atoms with E-state index in [1.165, 1.54) is 64.2 Å². The third-order valence-corrected chi connectivity index (χ3v) is 19.2. The molecule has 0 aromatic rings. The predicted molar refractivity (Wildman–Crippen MR) is 224 cm³/mol. The molecule has 7 nitrogen and oxygen atoms in total. The summed E-state index contributed by atoms with van der Waals surface area (Å²) < 4.78 is 11.4. The Morgan fingerprint density at radius 1 is 0.786 bits per heavy atom. The molecule has 1 heterocycles. The van der Waals surface area contributed by atoms with Gasteiger partial charge < -0.3 is 14.8 Å². The van der Waals surface area contributed by atoms with Crippen molar-refractivity contribution >= 4 is 17.7 Å². The first-order valence-electron chi connectivity index (χ1n) is 23.9. The highest BCUT2D eigenvalue weighted by Crippen LogP contribution is 2.75. The molecule has 0 aromatic carbocycles. The second-order valence-electron chi connectivity index (χ2n) is 22.4. The fourth-order valence-electron chi connectivity index (χ4n) is 15.0. The van der Waals surface area contributed by atoms with Crippen molar-refractivity contribution in [1.29, 1.82) is 0 Å². The minimum atomic E-state index is -0.139. The summed E-state index contributed by atoms with van der Waals surface area (Å²) in [6, 6.07) is 0. The molecule has 6 saturated carbocycles. The minimum absolute atomic E-state index is 0.0122. The van der Waals surface area contributed by atoms with Gasteiger partial charge in [-0.2, -0.15) is 0 Å². The number of rotatable bonds is 13. The standard InChI is InChI=1S/C49H82N2O5/c1-34-13-18-42(56-35(2)52)45(3,4)38(34)19-22-47(6)21-9-12-40-43-39(46(5)24-25-46)20-23-49(43,27-26-48(40,47)7)41(53)17-15-36-10-8-11-37(16-14-36)44(54)50-28-29-51-30-32-55-33-31-51/h34,36-40,42-43H,8-33H2,1-7H3,(H,50,54). The molecule has 0 radical (unpaired) electrons. The van der Waals surface area contributed by atoms with Gasteiger partial charge in [-0.3, -0.25) is 19.3 Å². The normalized spacial score (nSPS) is 42.1. The fourth-order valence-corrected chi connectivity index (χ4v) is 15.0. The summed E-state index contributed by atoms with van der Waals surface area (Å²) >= 11 is 0.